The topological polar surface area (TPSA) is 179 Å². The van der Waals surface area contributed by atoms with Gasteiger partial charge in [0.1, 0.15) is 49.3 Å². The van der Waals surface area contributed by atoms with Crippen LogP contribution in [0.15, 0.2) is 152 Å². The van der Waals surface area contributed by atoms with Crippen LogP contribution in [0.1, 0.15) is 60.4 Å². The van der Waals surface area contributed by atoms with Gasteiger partial charge in [-0.25, -0.2) is 4.79 Å². The van der Waals surface area contributed by atoms with Crippen molar-refractivity contribution < 1.29 is 80.3 Å². The van der Waals surface area contributed by atoms with Gasteiger partial charge in [0.05, 0.1) is 57.9 Å². The molecule has 8 rings (SSSR count). The Morgan fingerprint density at radius 1 is 0.579 bits per heavy atom. The zero-order chi connectivity index (χ0) is 53.3. The first-order valence-corrected chi connectivity index (χ1v) is 25.7. The highest BCUT2D eigenvalue weighted by Gasteiger charge is 2.52. The van der Waals surface area contributed by atoms with Crippen LogP contribution in [0.25, 0.3) is 0 Å². The van der Waals surface area contributed by atoms with Gasteiger partial charge in [-0.05, 0) is 47.6 Å². The van der Waals surface area contributed by atoms with E-state index in [9.17, 15) is 33.0 Å². The molecule has 1 saturated carbocycles. The van der Waals surface area contributed by atoms with Crippen LogP contribution < -0.4 is 5.32 Å². The summed E-state index contributed by atoms with van der Waals surface area (Å²) < 4.78 is 105. The first-order valence-electron chi connectivity index (χ1n) is 25.7. The van der Waals surface area contributed by atoms with Gasteiger partial charge in [-0.1, -0.05) is 165 Å². The predicted molar refractivity (Wildman–Crippen MR) is 268 cm³/mol. The molecule has 3 aliphatic rings. The van der Waals surface area contributed by atoms with Crippen LogP contribution in [0.5, 0.6) is 0 Å². The van der Waals surface area contributed by atoms with Gasteiger partial charge in [0, 0.05) is 0 Å². The van der Waals surface area contributed by atoms with Gasteiger partial charge in [-0.15, -0.1) is 0 Å². The second-order valence-corrected chi connectivity index (χ2v) is 19.0. The summed E-state index contributed by atoms with van der Waals surface area (Å²) in [6.07, 6.45) is -18.4. The van der Waals surface area contributed by atoms with E-state index in [0.29, 0.717) is 24.8 Å². The van der Waals surface area contributed by atoms with Crippen molar-refractivity contribution in [2.45, 2.75) is 152 Å². The number of nitrogens with one attached hydrogen (secondary N) is 1. The van der Waals surface area contributed by atoms with E-state index in [1.165, 1.54) is 0 Å². The lowest BCUT2D eigenvalue weighted by molar-refractivity contribution is -0.353. The second-order valence-electron chi connectivity index (χ2n) is 19.0. The third kappa shape index (κ3) is 16.2. The molecule has 76 heavy (non-hydrogen) atoms. The van der Waals surface area contributed by atoms with Gasteiger partial charge in [-0.3, -0.25) is 4.79 Å². The molecule has 0 spiro atoms. The highest BCUT2D eigenvalue weighted by atomic mass is 19.4. The zero-order valence-corrected chi connectivity index (χ0v) is 42.1. The van der Waals surface area contributed by atoms with Crippen LogP contribution in [0, 0.1) is 0 Å². The van der Waals surface area contributed by atoms with E-state index in [1.807, 2.05) is 128 Å². The minimum absolute atomic E-state index is 0.102. The van der Waals surface area contributed by atoms with Crippen LogP contribution in [0.4, 0.5) is 13.2 Å². The summed E-state index contributed by atoms with van der Waals surface area (Å²) in [6, 6.07) is 46.9. The minimum Gasteiger partial charge on any atom is -0.459 e. The van der Waals surface area contributed by atoms with Gasteiger partial charge >= 0.3 is 18.1 Å². The molecule has 0 aromatic heterocycles. The van der Waals surface area contributed by atoms with Gasteiger partial charge in [-0.2, -0.15) is 13.2 Å². The van der Waals surface area contributed by atoms with Crippen LogP contribution in [-0.2, 0) is 90.0 Å². The maximum absolute atomic E-state index is 13.7. The van der Waals surface area contributed by atoms with Crippen molar-refractivity contribution in [1.82, 2.24) is 5.32 Å². The van der Waals surface area contributed by atoms with Crippen LogP contribution in [0.2, 0.25) is 0 Å². The second kappa shape index (κ2) is 28.1. The normalized spacial score (nSPS) is 27.3. The average molecular weight is 1060 g/mol. The summed E-state index contributed by atoms with van der Waals surface area (Å²) in [5.41, 5.74) is 4.17. The molecule has 408 valence electrons. The summed E-state index contributed by atoms with van der Waals surface area (Å²) in [5, 5.41) is 25.6. The van der Waals surface area contributed by atoms with Crippen molar-refractivity contribution >= 4 is 11.9 Å². The summed E-state index contributed by atoms with van der Waals surface area (Å²) in [7, 11) is 0. The maximum Gasteiger partial charge on any atom is 0.471 e. The number of benzene rings is 5. The van der Waals surface area contributed by atoms with E-state index in [4.69, 9.17) is 47.4 Å². The lowest BCUT2D eigenvalue weighted by atomic mass is 9.93. The van der Waals surface area contributed by atoms with Crippen molar-refractivity contribution in [3.63, 3.8) is 0 Å². The Kier molecular flexibility index (Phi) is 21.0. The maximum atomic E-state index is 13.7. The average Bonchev–Trinajstić information content (AvgIpc) is 3.44. The third-order valence-corrected chi connectivity index (χ3v) is 13.4. The molecular weight excluding hydrogens is 992 g/mol. The lowest BCUT2D eigenvalue weighted by Crippen LogP contribution is -2.63. The number of ether oxygens (including phenoxy) is 10. The number of aliphatic hydroxyl groups excluding tert-OH is 2. The van der Waals surface area contributed by atoms with E-state index < -0.39 is 104 Å². The predicted octanol–water partition coefficient (Wildman–Crippen LogP) is 7.67. The fourth-order valence-electron chi connectivity index (χ4n) is 9.36. The number of amides is 1. The Hall–Kier alpha value is -5.61. The Balaban J connectivity index is 1.04. The zero-order valence-electron chi connectivity index (χ0n) is 42.1. The number of carbonyl (C=O) groups is 2. The van der Waals surface area contributed by atoms with Crippen molar-refractivity contribution in [2.75, 3.05) is 13.2 Å². The highest BCUT2D eigenvalue weighted by molar-refractivity contribution is 5.83. The van der Waals surface area contributed by atoms with Crippen LogP contribution in [-0.4, -0.2) is 121 Å². The number of rotatable bonds is 24. The number of alkyl halides is 3. The molecule has 13 atom stereocenters. The van der Waals surface area contributed by atoms with E-state index in [-0.39, 0.29) is 39.6 Å². The molecule has 18 heteroatoms. The SMILES string of the molecule is CC1OC(OC2CCCCC2OC2OC(COCc3ccccc3)C(O)C(O[C@@H](CNC(=O)C(F)(F)F)C(=O)OCc3ccccc3)C2O)C(OCc2ccccc2)C(OCc2ccccc2)C1OCc1ccccc1. The van der Waals surface area contributed by atoms with E-state index >= 15 is 0 Å². The molecule has 5 aromatic carbocycles. The molecule has 5 aromatic rings. The minimum atomic E-state index is -5.29. The van der Waals surface area contributed by atoms with Gasteiger partial charge in [0.15, 0.2) is 18.7 Å². The molecule has 1 aliphatic carbocycles. The molecule has 15 nitrogen and oxygen atoms in total. The standard InChI is InChI=1S/C58H66F3NO14/c1-38-50(68-33-40-21-9-3-10-22-40)52(69-34-41-23-11-4-12-24-41)53(70-35-42-25-13-5-14-26-42)56(72-38)75-45-30-18-17-29-44(45)74-55-49(64)51(48(63)47(76-55)37-67-32-39-19-7-2-8-20-39)73-46(31-62-57(66)58(59,60)61)54(65)71-36-43-27-15-6-16-28-43/h2-16,19-28,38,44-53,55-56,63-64H,17-18,29-37H2,1H3,(H,62,66)/t38?,44?,45?,46-,47?,48?,49?,50?,51?,52?,53?,55?,56?/m0/s1. The number of hydrogen-bond acceptors (Lipinski definition) is 14. The Morgan fingerprint density at radius 3 is 1.53 bits per heavy atom. The fourth-order valence-corrected chi connectivity index (χ4v) is 9.36. The highest BCUT2D eigenvalue weighted by Crippen LogP contribution is 2.36. The molecule has 2 aliphatic heterocycles. The smallest absolute Gasteiger partial charge is 0.459 e. The fraction of sp³-hybridized carbons (Fsp3) is 0.448. The number of aliphatic hydroxyl groups is 2. The first kappa shape index (κ1) is 56.6. The Labute approximate surface area is 440 Å². The molecule has 2 saturated heterocycles. The lowest BCUT2D eigenvalue weighted by Gasteiger charge is -2.47. The summed E-state index contributed by atoms with van der Waals surface area (Å²) in [5.74, 6) is -3.51. The van der Waals surface area contributed by atoms with Crippen LogP contribution >= 0.6 is 0 Å². The first-order chi connectivity index (χ1) is 36.9. The van der Waals surface area contributed by atoms with E-state index in [1.54, 1.807) is 35.6 Å². The summed E-state index contributed by atoms with van der Waals surface area (Å²) >= 11 is 0. The molecule has 0 bridgehead atoms. The largest absolute Gasteiger partial charge is 0.471 e. The number of esters is 1. The Bertz CT molecular complexity index is 2480. The molecule has 1 amide bonds. The summed E-state index contributed by atoms with van der Waals surface area (Å²) in [4.78, 5) is 25.7. The number of halogens is 3. The van der Waals surface area contributed by atoms with Gasteiger partial charge < -0.3 is 62.9 Å². The molecule has 2 heterocycles. The van der Waals surface area contributed by atoms with Crippen molar-refractivity contribution in [3.05, 3.63) is 179 Å². The summed E-state index contributed by atoms with van der Waals surface area (Å²) in [6.45, 7) is 1.10. The van der Waals surface area contributed by atoms with E-state index in [2.05, 4.69) is 0 Å². The van der Waals surface area contributed by atoms with Crippen molar-refractivity contribution in [3.8, 4) is 0 Å². The third-order valence-electron chi connectivity index (χ3n) is 13.4. The number of carbonyl (C=O) groups excluding carboxylic acids is 2. The van der Waals surface area contributed by atoms with Crippen molar-refractivity contribution in [1.29, 1.82) is 0 Å². The van der Waals surface area contributed by atoms with Crippen LogP contribution in [0.3, 0.4) is 0 Å². The van der Waals surface area contributed by atoms with Gasteiger partial charge in [0.2, 0.25) is 0 Å². The molecule has 3 fully saturated rings. The van der Waals surface area contributed by atoms with Gasteiger partial charge in [0.25, 0.3) is 0 Å². The molecule has 12 unspecified atom stereocenters. The molecule has 0 radical (unpaired) electrons. The van der Waals surface area contributed by atoms with E-state index in [0.717, 1.165) is 28.7 Å². The molecular formula is C58H66F3NO14. The monoisotopic (exact) mass is 1060 g/mol. The quantitative estimate of drug-likeness (QED) is 0.0513. The molecule has 3 N–H and O–H groups in total. The van der Waals surface area contributed by atoms with Crippen molar-refractivity contribution in [2.24, 2.45) is 0 Å². The Morgan fingerprint density at radius 2 is 1.03 bits per heavy atom. The number of hydrogen-bond donors (Lipinski definition) is 3.